The lowest BCUT2D eigenvalue weighted by Gasteiger charge is -2.18. The number of hydrogen-bond acceptors (Lipinski definition) is 5. The number of carbonyl (C=O) groups excluding carboxylic acids is 1. The van der Waals surface area contributed by atoms with Crippen LogP contribution in [0, 0.1) is 13.8 Å². The molecule has 5 nitrogen and oxygen atoms in total. The fourth-order valence-corrected chi connectivity index (χ4v) is 5.94. The Morgan fingerprint density at radius 3 is 2.28 bits per heavy atom. The van der Waals surface area contributed by atoms with Gasteiger partial charge >= 0.3 is 0 Å². The second-order valence-electron chi connectivity index (χ2n) is 6.81. The Morgan fingerprint density at radius 2 is 1.72 bits per heavy atom. The average molecular weight is 430 g/mol. The number of amides is 1. The normalized spacial score (nSPS) is 12.4. The van der Waals surface area contributed by atoms with Crippen LogP contribution in [0.15, 0.2) is 64.9 Å². The molecule has 152 valence electrons. The highest BCUT2D eigenvalue weighted by molar-refractivity contribution is 7.91. The molecule has 0 unspecified atom stereocenters. The number of carbonyl (C=O) groups is 1. The lowest BCUT2D eigenvalue weighted by Crippen LogP contribution is -2.31. The zero-order chi connectivity index (χ0) is 21.0. The maximum atomic E-state index is 13.3. The first kappa shape index (κ1) is 21.1. The van der Waals surface area contributed by atoms with Gasteiger partial charge in [0.05, 0.1) is 12.0 Å². The van der Waals surface area contributed by atoms with Crippen molar-refractivity contribution in [1.29, 1.82) is 0 Å². The van der Waals surface area contributed by atoms with E-state index in [0.29, 0.717) is 16.2 Å². The molecule has 7 heteroatoms. The number of nitrogens with one attached hydrogen (secondary N) is 1. The van der Waals surface area contributed by atoms with Crippen LogP contribution in [0.2, 0.25) is 0 Å². The average Bonchev–Trinajstić information content (AvgIpc) is 3.21. The van der Waals surface area contributed by atoms with Gasteiger partial charge < -0.3 is 10.1 Å². The van der Waals surface area contributed by atoms with Crippen LogP contribution in [0.25, 0.3) is 0 Å². The van der Waals surface area contributed by atoms with Crippen molar-refractivity contribution in [2.24, 2.45) is 0 Å². The van der Waals surface area contributed by atoms with Crippen LogP contribution in [0.3, 0.4) is 0 Å². The Bertz CT molecular complexity index is 1070. The molecule has 1 heterocycles. The summed E-state index contributed by atoms with van der Waals surface area (Å²) in [7, 11) is -2.17. The predicted molar refractivity (Wildman–Crippen MR) is 115 cm³/mol. The first-order valence-corrected chi connectivity index (χ1v) is 11.5. The molecule has 0 aliphatic heterocycles. The predicted octanol–water partition coefficient (Wildman–Crippen LogP) is 4.32. The van der Waals surface area contributed by atoms with Gasteiger partial charge in [-0.15, -0.1) is 11.3 Å². The van der Waals surface area contributed by atoms with Gasteiger partial charge in [0.2, 0.25) is 0 Å². The Balaban J connectivity index is 1.87. The van der Waals surface area contributed by atoms with Crippen LogP contribution in [-0.4, -0.2) is 28.0 Å². The van der Waals surface area contributed by atoms with Crippen molar-refractivity contribution in [2.75, 3.05) is 13.7 Å². The molecule has 29 heavy (non-hydrogen) atoms. The molecule has 0 saturated heterocycles. The van der Waals surface area contributed by atoms with Gasteiger partial charge in [0.15, 0.2) is 9.84 Å². The highest BCUT2D eigenvalue weighted by Crippen LogP contribution is 2.32. The van der Waals surface area contributed by atoms with E-state index in [4.69, 9.17) is 4.74 Å². The fourth-order valence-electron chi connectivity index (χ4n) is 3.16. The van der Waals surface area contributed by atoms with Gasteiger partial charge in [-0.2, -0.15) is 0 Å². The Labute approximate surface area is 175 Å². The largest absolute Gasteiger partial charge is 0.497 e. The minimum Gasteiger partial charge on any atom is -0.497 e. The minimum atomic E-state index is -3.70. The van der Waals surface area contributed by atoms with Crippen molar-refractivity contribution in [3.8, 4) is 5.75 Å². The monoisotopic (exact) mass is 429 g/mol. The van der Waals surface area contributed by atoms with Gasteiger partial charge in [0, 0.05) is 17.0 Å². The Morgan fingerprint density at radius 1 is 1.07 bits per heavy atom. The number of methoxy groups -OCH3 is 1. The number of thiophene rings is 1. The Kier molecular flexibility index (Phi) is 6.39. The van der Waals surface area contributed by atoms with Gasteiger partial charge in [-0.3, -0.25) is 4.79 Å². The SMILES string of the molecule is COc1ccc(S(=O)(=O)[C@@H](CNC(=O)c2cc(C)cc(C)c2)c2cccs2)cc1. The highest BCUT2D eigenvalue weighted by Gasteiger charge is 2.30. The van der Waals surface area contributed by atoms with Gasteiger partial charge in [-0.25, -0.2) is 8.42 Å². The standard InChI is InChI=1S/C22H23NO4S2/c1-15-11-16(2)13-17(12-15)22(24)23-14-21(20-5-4-10-28-20)29(25,26)19-8-6-18(27-3)7-9-19/h4-13,21H,14H2,1-3H3,(H,23,24)/t21-/m0/s1. The van der Waals surface area contributed by atoms with Crippen molar-refractivity contribution >= 4 is 27.1 Å². The van der Waals surface area contributed by atoms with E-state index >= 15 is 0 Å². The molecular weight excluding hydrogens is 406 g/mol. The Hall–Kier alpha value is -2.64. The maximum absolute atomic E-state index is 13.3. The summed E-state index contributed by atoms with van der Waals surface area (Å²) in [5, 5.41) is 3.77. The molecule has 1 aromatic heterocycles. The van der Waals surface area contributed by atoms with E-state index in [-0.39, 0.29) is 17.3 Å². The number of aryl methyl sites for hydroxylation is 2. The molecule has 0 spiro atoms. The van der Waals surface area contributed by atoms with Crippen LogP contribution < -0.4 is 10.1 Å². The number of benzene rings is 2. The number of rotatable bonds is 7. The van der Waals surface area contributed by atoms with Crippen molar-refractivity contribution in [2.45, 2.75) is 24.0 Å². The van der Waals surface area contributed by atoms with E-state index in [2.05, 4.69) is 5.32 Å². The van der Waals surface area contributed by atoms with Crippen molar-refractivity contribution in [3.05, 3.63) is 81.5 Å². The summed E-state index contributed by atoms with van der Waals surface area (Å²) in [5.41, 5.74) is 2.49. The molecule has 0 aliphatic carbocycles. The van der Waals surface area contributed by atoms with E-state index < -0.39 is 15.1 Å². The van der Waals surface area contributed by atoms with Gasteiger partial charge in [0.25, 0.3) is 5.91 Å². The van der Waals surface area contributed by atoms with Crippen molar-refractivity contribution < 1.29 is 17.9 Å². The number of hydrogen-bond donors (Lipinski definition) is 1. The topological polar surface area (TPSA) is 72.5 Å². The second-order valence-corrected chi connectivity index (χ2v) is 9.92. The number of ether oxygens (including phenoxy) is 1. The molecule has 2 aromatic carbocycles. The molecule has 0 radical (unpaired) electrons. The van der Waals surface area contributed by atoms with Crippen LogP contribution in [0.1, 0.15) is 31.6 Å². The number of sulfone groups is 1. The van der Waals surface area contributed by atoms with E-state index in [1.54, 1.807) is 30.3 Å². The first-order chi connectivity index (χ1) is 13.8. The highest BCUT2D eigenvalue weighted by atomic mass is 32.2. The summed E-state index contributed by atoms with van der Waals surface area (Å²) in [6, 6.07) is 15.4. The minimum absolute atomic E-state index is 0.0132. The lowest BCUT2D eigenvalue weighted by molar-refractivity contribution is 0.0953. The molecule has 1 atom stereocenters. The van der Waals surface area contributed by atoms with Gasteiger partial charge in [0.1, 0.15) is 11.0 Å². The molecule has 3 aromatic rings. The van der Waals surface area contributed by atoms with Gasteiger partial charge in [-0.1, -0.05) is 23.3 Å². The third-order valence-corrected chi connectivity index (χ3v) is 7.79. The lowest BCUT2D eigenvalue weighted by atomic mass is 10.1. The summed E-state index contributed by atoms with van der Waals surface area (Å²) in [4.78, 5) is 13.5. The zero-order valence-electron chi connectivity index (χ0n) is 16.5. The fraction of sp³-hybridized carbons (Fsp3) is 0.227. The third-order valence-electron chi connectivity index (χ3n) is 4.55. The molecule has 1 N–H and O–H groups in total. The smallest absolute Gasteiger partial charge is 0.251 e. The quantitative estimate of drug-likeness (QED) is 0.607. The summed E-state index contributed by atoms with van der Waals surface area (Å²) >= 11 is 1.36. The summed E-state index contributed by atoms with van der Waals surface area (Å²) in [6.45, 7) is 3.83. The van der Waals surface area contributed by atoms with Crippen molar-refractivity contribution in [3.63, 3.8) is 0 Å². The molecule has 0 bridgehead atoms. The molecule has 0 saturated carbocycles. The molecular formula is C22H23NO4S2. The third kappa shape index (κ3) is 4.86. The van der Waals surface area contributed by atoms with Gasteiger partial charge in [-0.05, 0) is 61.7 Å². The molecule has 0 fully saturated rings. The summed E-state index contributed by atoms with van der Waals surface area (Å²) < 4.78 is 31.7. The van der Waals surface area contributed by atoms with E-state index in [0.717, 1.165) is 11.1 Å². The summed E-state index contributed by atoms with van der Waals surface area (Å²) in [6.07, 6.45) is 0. The maximum Gasteiger partial charge on any atom is 0.251 e. The van der Waals surface area contributed by atoms with E-state index in [1.807, 2.05) is 31.4 Å². The molecule has 1 amide bonds. The van der Waals surface area contributed by atoms with Crippen LogP contribution >= 0.6 is 11.3 Å². The molecule has 0 aliphatic rings. The van der Waals surface area contributed by atoms with E-state index in [9.17, 15) is 13.2 Å². The van der Waals surface area contributed by atoms with E-state index in [1.165, 1.54) is 30.6 Å². The van der Waals surface area contributed by atoms with Crippen LogP contribution in [0.5, 0.6) is 5.75 Å². The zero-order valence-corrected chi connectivity index (χ0v) is 18.1. The van der Waals surface area contributed by atoms with Crippen LogP contribution in [-0.2, 0) is 9.84 Å². The van der Waals surface area contributed by atoms with Crippen molar-refractivity contribution in [1.82, 2.24) is 5.32 Å². The molecule has 3 rings (SSSR count). The second kappa shape index (κ2) is 8.80. The summed E-state index contributed by atoms with van der Waals surface area (Å²) in [5.74, 6) is 0.294. The first-order valence-electron chi connectivity index (χ1n) is 9.09. The van der Waals surface area contributed by atoms with Crippen LogP contribution in [0.4, 0.5) is 0 Å².